The van der Waals surface area contributed by atoms with Crippen molar-refractivity contribution in [2.45, 2.75) is 141 Å². The van der Waals surface area contributed by atoms with Crippen LogP contribution in [0, 0.1) is 0 Å². The Labute approximate surface area is 223 Å². The molecule has 0 saturated heterocycles. The van der Waals surface area contributed by atoms with E-state index in [1.165, 1.54) is 64.2 Å². The van der Waals surface area contributed by atoms with Crippen molar-refractivity contribution in [3.8, 4) is 0 Å². The summed E-state index contributed by atoms with van der Waals surface area (Å²) in [7, 11) is 1.59. The molecule has 0 aliphatic rings. The molecule has 5 N–H and O–H groups in total. The number of carboxylic acid groups (broad SMARTS) is 2. The standard InChI is InChI=1S/C28H53N3O6/c1-3-4-5-6-7-8-9-10-11-12-13-14-15-19-26(33)31-24(28(36)37)20-21-25(32)30-22-17-16-18-23(29-2)27(34)35/h23-24,29H,3-22H2,1-2H3,(H,30,32)(H,31,33)(H,34,35)(H,36,37)/t23-,24-/m0/s1. The van der Waals surface area contributed by atoms with Gasteiger partial charge in [0.25, 0.3) is 0 Å². The number of hydrogen-bond acceptors (Lipinski definition) is 5. The fourth-order valence-electron chi connectivity index (χ4n) is 4.28. The predicted molar refractivity (Wildman–Crippen MR) is 146 cm³/mol. The number of unbranched alkanes of at least 4 members (excludes halogenated alkanes) is 13. The molecule has 0 radical (unpaired) electrons. The number of hydrogen-bond donors (Lipinski definition) is 5. The molecule has 0 saturated carbocycles. The molecule has 9 nitrogen and oxygen atoms in total. The number of nitrogens with one attached hydrogen (secondary N) is 3. The van der Waals surface area contributed by atoms with Crippen LogP contribution in [-0.2, 0) is 19.2 Å². The Morgan fingerprint density at radius 2 is 1.11 bits per heavy atom. The second-order valence-electron chi connectivity index (χ2n) is 10.0. The van der Waals surface area contributed by atoms with Crippen molar-refractivity contribution in [2.75, 3.05) is 13.6 Å². The first kappa shape index (κ1) is 34.8. The lowest BCUT2D eigenvalue weighted by Crippen LogP contribution is -2.41. The Hall–Kier alpha value is -2.16. The van der Waals surface area contributed by atoms with E-state index in [-0.39, 0.29) is 24.7 Å². The maximum absolute atomic E-state index is 12.2. The van der Waals surface area contributed by atoms with Crippen LogP contribution < -0.4 is 16.0 Å². The monoisotopic (exact) mass is 527 g/mol. The lowest BCUT2D eigenvalue weighted by Gasteiger charge is -2.14. The van der Waals surface area contributed by atoms with E-state index < -0.39 is 24.0 Å². The predicted octanol–water partition coefficient (Wildman–Crippen LogP) is 4.78. The van der Waals surface area contributed by atoms with Gasteiger partial charge in [-0.25, -0.2) is 4.79 Å². The fourth-order valence-corrected chi connectivity index (χ4v) is 4.28. The molecule has 216 valence electrons. The van der Waals surface area contributed by atoms with E-state index in [0.29, 0.717) is 32.2 Å². The SMILES string of the molecule is CCCCCCCCCCCCCCCC(=O)N[C@@H](CCC(=O)NCCCC[C@H](NC)C(=O)O)C(=O)O. The summed E-state index contributed by atoms with van der Waals surface area (Å²) in [4.78, 5) is 46.6. The van der Waals surface area contributed by atoms with Crippen molar-refractivity contribution in [2.24, 2.45) is 0 Å². The average molecular weight is 528 g/mol. The first-order chi connectivity index (χ1) is 17.8. The van der Waals surface area contributed by atoms with E-state index in [0.717, 1.165) is 19.3 Å². The van der Waals surface area contributed by atoms with Crippen LogP contribution in [0.25, 0.3) is 0 Å². The number of amides is 2. The van der Waals surface area contributed by atoms with Crippen molar-refractivity contribution in [3.63, 3.8) is 0 Å². The molecule has 0 aromatic carbocycles. The number of aliphatic carboxylic acids is 2. The van der Waals surface area contributed by atoms with Crippen LogP contribution in [0.1, 0.15) is 129 Å². The second kappa shape index (κ2) is 24.2. The van der Waals surface area contributed by atoms with Gasteiger partial charge in [-0.1, -0.05) is 84.0 Å². The Bertz CT molecular complexity index is 629. The molecule has 0 heterocycles. The van der Waals surface area contributed by atoms with E-state index in [1.54, 1.807) is 7.05 Å². The summed E-state index contributed by atoms with van der Waals surface area (Å²) in [5.74, 6) is -2.60. The summed E-state index contributed by atoms with van der Waals surface area (Å²) in [5, 5.41) is 26.3. The fraction of sp³-hybridized carbons (Fsp3) is 0.857. The van der Waals surface area contributed by atoms with E-state index >= 15 is 0 Å². The minimum absolute atomic E-state index is 0.00422. The van der Waals surface area contributed by atoms with Crippen molar-refractivity contribution in [1.82, 2.24) is 16.0 Å². The quantitative estimate of drug-likeness (QED) is 0.102. The molecule has 0 unspecified atom stereocenters. The van der Waals surface area contributed by atoms with Crippen LogP contribution in [-0.4, -0.2) is 59.6 Å². The van der Waals surface area contributed by atoms with E-state index in [1.807, 2.05) is 0 Å². The van der Waals surface area contributed by atoms with Gasteiger partial charge in [-0.2, -0.15) is 0 Å². The highest BCUT2D eigenvalue weighted by atomic mass is 16.4. The second-order valence-corrected chi connectivity index (χ2v) is 10.0. The van der Waals surface area contributed by atoms with Gasteiger partial charge in [0, 0.05) is 19.4 Å². The molecule has 0 aromatic rings. The first-order valence-corrected chi connectivity index (χ1v) is 14.5. The number of likely N-dealkylation sites (N-methyl/N-ethyl adjacent to an activating group) is 1. The molecular weight excluding hydrogens is 474 g/mol. The summed E-state index contributed by atoms with van der Waals surface area (Å²) in [6, 6.07) is -1.68. The molecule has 0 rings (SSSR count). The molecular formula is C28H53N3O6. The molecule has 0 aromatic heterocycles. The lowest BCUT2D eigenvalue weighted by atomic mass is 10.0. The van der Waals surface area contributed by atoms with Crippen LogP contribution >= 0.6 is 0 Å². The molecule has 0 aliphatic heterocycles. The summed E-state index contributed by atoms with van der Waals surface area (Å²) in [5.41, 5.74) is 0. The van der Waals surface area contributed by atoms with Gasteiger partial charge in [0.15, 0.2) is 0 Å². The van der Waals surface area contributed by atoms with Crippen LogP contribution in [0.5, 0.6) is 0 Å². The molecule has 9 heteroatoms. The normalized spacial score (nSPS) is 12.6. The molecule has 0 fully saturated rings. The van der Waals surface area contributed by atoms with E-state index in [9.17, 15) is 24.3 Å². The van der Waals surface area contributed by atoms with Crippen molar-refractivity contribution in [1.29, 1.82) is 0 Å². The molecule has 2 amide bonds. The Balaban J connectivity index is 3.82. The number of carbonyl (C=O) groups excluding carboxylic acids is 2. The largest absolute Gasteiger partial charge is 0.480 e. The van der Waals surface area contributed by atoms with Crippen molar-refractivity contribution < 1.29 is 29.4 Å². The average Bonchev–Trinajstić information content (AvgIpc) is 2.86. The topological polar surface area (TPSA) is 145 Å². The van der Waals surface area contributed by atoms with Crippen LogP contribution in [0.15, 0.2) is 0 Å². The Morgan fingerprint density at radius 3 is 1.59 bits per heavy atom. The zero-order valence-electron chi connectivity index (χ0n) is 23.3. The van der Waals surface area contributed by atoms with Crippen molar-refractivity contribution >= 4 is 23.8 Å². The third-order valence-corrected chi connectivity index (χ3v) is 6.69. The zero-order chi connectivity index (χ0) is 27.7. The third kappa shape index (κ3) is 21.6. The van der Waals surface area contributed by atoms with Gasteiger partial charge in [0.1, 0.15) is 12.1 Å². The summed E-state index contributed by atoms with van der Waals surface area (Å²) < 4.78 is 0. The highest BCUT2D eigenvalue weighted by Gasteiger charge is 2.21. The zero-order valence-corrected chi connectivity index (χ0v) is 23.3. The molecule has 2 atom stereocenters. The minimum atomic E-state index is -1.14. The van der Waals surface area contributed by atoms with Gasteiger partial charge in [-0.15, -0.1) is 0 Å². The maximum atomic E-state index is 12.2. The van der Waals surface area contributed by atoms with Crippen LogP contribution in [0.4, 0.5) is 0 Å². The number of carboxylic acids is 2. The van der Waals surface area contributed by atoms with Gasteiger partial charge in [0.2, 0.25) is 11.8 Å². The van der Waals surface area contributed by atoms with Crippen molar-refractivity contribution in [3.05, 3.63) is 0 Å². The summed E-state index contributed by atoms with van der Waals surface area (Å²) >= 11 is 0. The van der Waals surface area contributed by atoms with Gasteiger partial charge in [0.05, 0.1) is 0 Å². The summed E-state index contributed by atoms with van der Waals surface area (Å²) in [6.07, 6.45) is 18.0. The van der Waals surface area contributed by atoms with Gasteiger partial charge >= 0.3 is 11.9 Å². The molecule has 0 spiro atoms. The number of carbonyl (C=O) groups is 4. The first-order valence-electron chi connectivity index (χ1n) is 14.5. The maximum Gasteiger partial charge on any atom is 0.326 e. The van der Waals surface area contributed by atoms with E-state index in [2.05, 4.69) is 22.9 Å². The van der Waals surface area contributed by atoms with Gasteiger partial charge in [-0.05, 0) is 39.2 Å². The summed E-state index contributed by atoms with van der Waals surface area (Å²) in [6.45, 7) is 2.64. The molecule has 37 heavy (non-hydrogen) atoms. The van der Waals surface area contributed by atoms with Gasteiger partial charge < -0.3 is 26.2 Å². The Morgan fingerprint density at radius 1 is 0.595 bits per heavy atom. The van der Waals surface area contributed by atoms with E-state index in [4.69, 9.17) is 5.11 Å². The lowest BCUT2D eigenvalue weighted by molar-refractivity contribution is -0.142. The van der Waals surface area contributed by atoms with Crippen LogP contribution in [0.3, 0.4) is 0 Å². The van der Waals surface area contributed by atoms with Gasteiger partial charge in [-0.3, -0.25) is 14.4 Å². The Kier molecular flexibility index (Phi) is 22.8. The smallest absolute Gasteiger partial charge is 0.326 e. The number of rotatable bonds is 26. The minimum Gasteiger partial charge on any atom is -0.480 e. The van der Waals surface area contributed by atoms with Crippen LogP contribution in [0.2, 0.25) is 0 Å². The highest BCUT2D eigenvalue weighted by Crippen LogP contribution is 2.13. The molecule has 0 aliphatic carbocycles. The molecule has 0 bridgehead atoms. The third-order valence-electron chi connectivity index (χ3n) is 6.69. The highest BCUT2D eigenvalue weighted by molar-refractivity contribution is 5.84.